The van der Waals surface area contributed by atoms with Gasteiger partial charge in [-0.1, -0.05) is 49.4 Å². The fraction of sp³-hybridized carbons (Fsp3) is 0.261. The summed E-state index contributed by atoms with van der Waals surface area (Å²) in [6.45, 7) is 4.21. The average molecular weight is 369 g/mol. The second-order valence-corrected chi connectivity index (χ2v) is 7.28. The molecule has 140 valence electrons. The Balaban J connectivity index is 1.74. The Labute approximate surface area is 165 Å². The van der Waals surface area contributed by atoms with Crippen LogP contribution >= 0.6 is 0 Å². The highest BCUT2D eigenvalue weighted by Gasteiger charge is 2.20. The summed E-state index contributed by atoms with van der Waals surface area (Å²) in [4.78, 5) is 11.9. The molecule has 5 nitrogen and oxygen atoms in total. The zero-order chi connectivity index (χ0) is 19.3. The fourth-order valence-corrected chi connectivity index (χ4v) is 3.60. The van der Waals surface area contributed by atoms with E-state index in [0.29, 0.717) is 17.3 Å². The lowest BCUT2D eigenvalue weighted by atomic mass is 10.0. The minimum absolute atomic E-state index is 0.593. The molecule has 0 spiro atoms. The van der Waals surface area contributed by atoms with Gasteiger partial charge in [0, 0.05) is 24.7 Å². The van der Waals surface area contributed by atoms with E-state index in [9.17, 15) is 5.26 Å². The van der Waals surface area contributed by atoms with Crippen LogP contribution in [0.4, 0.5) is 17.5 Å². The number of para-hydroxylation sites is 1. The number of nitrogens with zero attached hydrogens (tertiary/aromatic N) is 4. The third kappa shape index (κ3) is 3.96. The predicted octanol–water partition coefficient (Wildman–Crippen LogP) is 5.00. The molecule has 3 aromatic rings. The molecule has 0 saturated carbocycles. The molecule has 1 aromatic heterocycles. The van der Waals surface area contributed by atoms with E-state index in [1.807, 2.05) is 42.5 Å². The Morgan fingerprint density at radius 3 is 2.64 bits per heavy atom. The van der Waals surface area contributed by atoms with E-state index >= 15 is 0 Å². The molecule has 0 amide bonds. The number of aromatic nitrogens is 2. The summed E-state index contributed by atoms with van der Waals surface area (Å²) in [5.41, 5.74) is 3.27. The predicted molar refractivity (Wildman–Crippen MR) is 113 cm³/mol. The Kier molecular flexibility index (Phi) is 5.20. The van der Waals surface area contributed by atoms with Crippen LogP contribution in [-0.4, -0.2) is 23.1 Å². The first kappa shape index (κ1) is 18.0. The van der Waals surface area contributed by atoms with Crippen LogP contribution in [0.15, 0.2) is 60.7 Å². The van der Waals surface area contributed by atoms with Gasteiger partial charge in [-0.2, -0.15) is 10.2 Å². The number of hydrogen-bond donors (Lipinski definition) is 1. The van der Waals surface area contributed by atoms with Crippen molar-refractivity contribution in [3.05, 3.63) is 66.2 Å². The Hall–Kier alpha value is -3.39. The van der Waals surface area contributed by atoms with Gasteiger partial charge in [0.15, 0.2) is 0 Å². The van der Waals surface area contributed by atoms with Crippen molar-refractivity contribution < 1.29 is 0 Å². The standard InChI is InChI=1S/C23H23N5/c1-17-8-7-13-28(16-17)23-26-21(18-9-3-2-4-10-18)14-22(27-23)25-20-12-6-5-11-19(20)15-24/h2-6,9-12,14,17H,7-8,13,16H2,1H3,(H,25,26,27). The van der Waals surface area contributed by atoms with E-state index in [1.54, 1.807) is 6.07 Å². The van der Waals surface area contributed by atoms with Crippen molar-refractivity contribution in [3.63, 3.8) is 0 Å². The largest absolute Gasteiger partial charge is 0.340 e. The zero-order valence-electron chi connectivity index (χ0n) is 16.0. The highest BCUT2D eigenvalue weighted by Crippen LogP contribution is 2.28. The van der Waals surface area contributed by atoms with Gasteiger partial charge in [0.05, 0.1) is 16.9 Å². The van der Waals surface area contributed by atoms with E-state index in [2.05, 4.69) is 35.3 Å². The molecule has 5 heteroatoms. The number of nitriles is 1. The van der Waals surface area contributed by atoms with Crippen LogP contribution in [0.1, 0.15) is 25.3 Å². The van der Waals surface area contributed by atoms with Crippen LogP contribution in [0.5, 0.6) is 0 Å². The maximum absolute atomic E-state index is 9.39. The molecule has 2 aromatic carbocycles. The number of hydrogen-bond acceptors (Lipinski definition) is 5. The lowest BCUT2D eigenvalue weighted by Gasteiger charge is -2.31. The minimum atomic E-state index is 0.593. The topological polar surface area (TPSA) is 64.8 Å². The highest BCUT2D eigenvalue weighted by molar-refractivity contribution is 5.70. The van der Waals surface area contributed by atoms with Gasteiger partial charge in [-0.05, 0) is 30.9 Å². The summed E-state index contributed by atoms with van der Waals surface area (Å²) >= 11 is 0. The lowest BCUT2D eigenvalue weighted by Crippen LogP contribution is -2.35. The van der Waals surface area contributed by atoms with Crippen molar-refractivity contribution in [1.82, 2.24) is 9.97 Å². The van der Waals surface area contributed by atoms with E-state index in [4.69, 9.17) is 9.97 Å². The molecule has 1 fully saturated rings. The molecule has 1 N–H and O–H groups in total. The van der Waals surface area contributed by atoms with Crippen molar-refractivity contribution in [1.29, 1.82) is 5.26 Å². The molecule has 1 saturated heterocycles. The molecule has 1 aliphatic heterocycles. The van der Waals surface area contributed by atoms with Crippen molar-refractivity contribution in [2.45, 2.75) is 19.8 Å². The normalized spacial score (nSPS) is 16.4. The van der Waals surface area contributed by atoms with E-state index in [0.717, 1.165) is 42.4 Å². The van der Waals surface area contributed by atoms with Crippen LogP contribution in [0.25, 0.3) is 11.3 Å². The Morgan fingerprint density at radius 2 is 1.86 bits per heavy atom. The second-order valence-electron chi connectivity index (χ2n) is 7.28. The minimum Gasteiger partial charge on any atom is -0.340 e. The average Bonchev–Trinajstić information content (AvgIpc) is 2.74. The molecule has 0 bridgehead atoms. The number of nitrogens with one attached hydrogen (secondary N) is 1. The molecular formula is C23H23N5. The Morgan fingerprint density at radius 1 is 1.07 bits per heavy atom. The molecule has 1 atom stereocenters. The lowest BCUT2D eigenvalue weighted by molar-refractivity contribution is 0.442. The summed E-state index contributed by atoms with van der Waals surface area (Å²) in [5.74, 6) is 2.07. The van der Waals surface area contributed by atoms with E-state index in [-0.39, 0.29) is 0 Å². The van der Waals surface area contributed by atoms with Crippen LogP contribution in [0.2, 0.25) is 0 Å². The monoisotopic (exact) mass is 369 g/mol. The molecular weight excluding hydrogens is 346 g/mol. The van der Waals surface area contributed by atoms with Gasteiger partial charge in [0.2, 0.25) is 5.95 Å². The van der Waals surface area contributed by atoms with E-state index in [1.165, 1.54) is 6.42 Å². The van der Waals surface area contributed by atoms with Gasteiger partial charge < -0.3 is 10.2 Å². The summed E-state index contributed by atoms with van der Waals surface area (Å²) in [7, 11) is 0. The first-order valence-corrected chi connectivity index (χ1v) is 9.68. The molecule has 28 heavy (non-hydrogen) atoms. The quantitative estimate of drug-likeness (QED) is 0.701. The van der Waals surface area contributed by atoms with Gasteiger partial charge in [0.25, 0.3) is 0 Å². The summed E-state index contributed by atoms with van der Waals surface area (Å²) in [5, 5.41) is 12.7. The molecule has 4 rings (SSSR count). The molecule has 1 aliphatic rings. The zero-order valence-corrected chi connectivity index (χ0v) is 16.0. The van der Waals surface area contributed by atoms with Crippen molar-refractivity contribution in [2.75, 3.05) is 23.3 Å². The van der Waals surface area contributed by atoms with Crippen LogP contribution in [-0.2, 0) is 0 Å². The molecule has 0 aliphatic carbocycles. The molecule has 1 unspecified atom stereocenters. The van der Waals surface area contributed by atoms with Crippen molar-refractivity contribution in [2.24, 2.45) is 5.92 Å². The number of benzene rings is 2. The van der Waals surface area contributed by atoms with E-state index < -0.39 is 0 Å². The number of piperidine rings is 1. The van der Waals surface area contributed by atoms with Crippen molar-refractivity contribution in [3.8, 4) is 17.3 Å². The van der Waals surface area contributed by atoms with Crippen molar-refractivity contribution >= 4 is 17.5 Å². The fourth-order valence-electron chi connectivity index (χ4n) is 3.60. The van der Waals surface area contributed by atoms with Crippen LogP contribution in [0, 0.1) is 17.2 Å². The third-order valence-electron chi connectivity index (χ3n) is 5.03. The molecule has 2 heterocycles. The Bertz CT molecular complexity index is 993. The maximum Gasteiger partial charge on any atom is 0.227 e. The number of rotatable bonds is 4. The van der Waals surface area contributed by atoms with Gasteiger partial charge >= 0.3 is 0 Å². The maximum atomic E-state index is 9.39. The van der Waals surface area contributed by atoms with Gasteiger partial charge in [-0.15, -0.1) is 0 Å². The summed E-state index contributed by atoms with van der Waals surface area (Å²) in [6.07, 6.45) is 2.40. The van der Waals surface area contributed by atoms with Crippen LogP contribution < -0.4 is 10.2 Å². The smallest absolute Gasteiger partial charge is 0.227 e. The third-order valence-corrected chi connectivity index (χ3v) is 5.03. The van der Waals surface area contributed by atoms with Gasteiger partial charge in [0.1, 0.15) is 11.9 Å². The summed E-state index contributed by atoms with van der Waals surface area (Å²) in [6, 6.07) is 21.8. The SMILES string of the molecule is CC1CCCN(c2nc(Nc3ccccc3C#N)cc(-c3ccccc3)n2)C1. The van der Waals surface area contributed by atoms with Gasteiger partial charge in [-0.3, -0.25) is 0 Å². The summed E-state index contributed by atoms with van der Waals surface area (Å²) < 4.78 is 0. The first-order valence-electron chi connectivity index (χ1n) is 9.68. The first-order chi connectivity index (χ1) is 13.7. The second kappa shape index (κ2) is 8.10. The van der Waals surface area contributed by atoms with Crippen LogP contribution in [0.3, 0.4) is 0 Å². The highest BCUT2D eigenvalue weighted by atomic mass is 15.3. The van der Waals surface area contributed by atoms with Gasteiger partial charge in [-0.25, -0.2) is 4.98 Å². The molecule has 0 radical (unpaired) electrons. The number of anilines is 3.